The van der Waals surface area contributed by atoms with E-state index in [2.05, 4.69) is 41.4 Å². The molecule has 2 aromatic carbocycles. The maximum atomic E-state index is 13.7. The molecule has 0 amide bonds. The van der Waals surface area contributed by atoms with E-state index < -0.39 is 0 Å². The summed E-state index contributed by atoms with van der Waals surface area (Å²) >= 11 is 0. The summed E-state index contributed by atoms with van der Waals surface area (Å²) in [5.41, 5.74) is 3.08. The fourth-order valence-electron chi connectivity index (χ4n) is 2.54. The van der Waals surface area contributed by atoms with Gasteiger partial charge in [-0.25, -0.2) is 4.39 Å². The minimum Gasteiger partial charge on any atom is -0.370 e. The summed E-state index contributed by atoms with van der Waals surface area (Å²) < 4.78 is 13.7. The molecule has 2 aromatic rings. The summed E-state index contributed by atoms with van der Waals surface area (Å²) in [7, 11) is 3.96. The maximum Gasteiger partial charge on any atom is 0.128 e. The highest BCUT2D eigenvalue weighted by molar-refractivity contribution is 5.48. The Bertz CT molecular complexity index is 562. The van der Waals surface area contributed by atoms with Crippen molar-refractivity contribution in [3.63, 3.8) is 0 Å². The Morgan fingerprint density at radius 2 is 1.76 bits per heavy atom. The molecule has 0 saturated heterocycles. The molecule has 0 aliphatic heterocycles. The molecule has 0 bridgehead atoms. The lowest BCUT2D eigenvalue weighted by atomic mass is 10.0. The molecule has 0 spiro atoms. The van der Waals surface area contributed by atoms with Gasteiger partial charge < -0.3 is 10.2 Å². The van der Waals surface area contributed by atoms with Gasteiger partial charge in [0.15, 0.2) is 0 Å². The molecule has 0 aromatic heterocycles. The van der Waals surface area contributed by atoms with Crippen molar-refractivity contribution < 1.29 is 4.39 Å². The van der Waals surface area contributed by atoms with Gasteiger partial charge in [0.25, 0.3) is 0 Å². The van der Waals surface area contributed by atoms with Gasteiger partial charge >= 0.3 is 0 Å². The van der Waals surface area contributed by atoms with E-state index in [4.69, 9.17) is 0 Å². The van der Waals surface area contributed by atoms with Gasteiger partial charge in [0.2, 0.25) is 0 Å². The van der Waals surface area contributed by atoms with Crippen LogP contribution in [0, 0.1) is 5.82 Å². The number of rotatable bonds is 6. The van der Waals surface area contributed by atoms with E-state index >= 15 is 0 Å². The molecular weight excluding hydrogens is 263 g/mol. The minimum absolute atomic E-state index is 0.151. The quantitative estimate of drug-likeness (QED) is 0.859. The van der Waals surface area contributed by atoms with Crippen LogP contribution in [0.5, 0.6) is 0 Å². The second-order valence-corrected chi connectivity index (χ2v) is 5.29. The first-order valence-corrected chi connectivity index (χ1v) is 7.37. The maximum absolute atomic E-state index is 13.7. The molecule has 0 fully saturated rings. The smallest absolute Gasteiger partial charge is 0.128 e. The first-order valence-electron chi connectivity index (χ1n) is 7.37. The van der Waals surface area contributed by atoms with Gasteiger partial charge in [-0.05, 0) is 37.2 Å². The second-order valence-electron chi connectivity index (χ2n) is 5.29. The van der Waals surface area contributed by atoms with Crippen LogP contribution in [0.25, 0.3) is 0 Å². The van der Waals surface area contributed by atoms with E-state index in [9.17, 15) is 4.39 Å². The van der Waals surface area contributed by atoms with Crippen LogP contribution in [0.2, 0.25) is 0 Å². The number of hydrogen-bond donors (Lipinski definition) is 1. The van der Waals surface area contributed by atoms with Gasteiger partial charge in [-0.15, -0.1) is 0 Å². The number of benzene rings is 2. The van der Waals surface area contributed by atoms with Crippen molar-refractivity contribution in [1.82, 2.24) is 5.32 Å². The number of nitrogens with one attached hydrogen (secondary N) is 1. The van der Waals surface area contributed by atoms with Crippen LogP contribution in [0.1, 0.15) is 30.5 Å². The van der Waals surface area contributed by atoms with Crippen LogP contribution in [-0.2, 0) is 6.54 Å². The van der Waals surface area contributed by atoms with Gasteiger partial charge in [0.1, 0.15) is 5.82 Å². The molecule has 0 aliphatic carbocycles. The SMILES string of the molecule is CCC(NC)c1ccc(N(C)Cc2ccccc2F)cc1. The van der Waals surface area contributed by atoms with E-state index in [1.807, 2.05) is 26.2 Å². The van der Waals surface area contributed by atoms with Crippen LogP contribution in [-0.4, -0.2) is 14.1 Å². The Labute approximate surface area is 126 Å². The van der Waals surface area contributed by atoms with Crippen molar-refractivity contribution in [2.45, 2.75) is 25.9 Å². The standard InChI is InChI=1S/C18H23FN2/c1-4-18(20-2)14-9-11-16(12-10-14)21(3)13-15-7-5-6-8-17(15)19/h5-12,18,20H,4,13H2,1-3H3. The second kappa shape index (κ2) is 7.23. The Kier molecular flexibility index (Phi) is 5.34. The Hall–Kier alpha value is -1.87. The third kappa shape index (κ3) is 3.82. The van der Waals surface area contributed by atoms with Gasteiger partial charge in [-0.1, -0.05) is 37.3 Å². The average Bonchev–Trinajstić information content (AvgIpc) is 2.51. The van der Waals surface area contributed by atoms with Crippen molar-refractivity contribution >= 4 is 5.69 Å². The summed E-state index contributed by atoms with van der Waals surface area (Å²) in [6.07, 6.45) is 1.06. The van der Waals surface area contributed by atoms with Gasteiger partial charge in [-0.2, -0.15) is 0 Å². The molecule has 3 heteroatoms. The number of nitrogens with zero attached hydrogens (tertiary/aromatic N) is 1. The molecule has 2 nitrogen and oxygen atoms in total. The van der Waals surface area contributed by atoms with Crippen LogP contribution < -0.4 is 10.2 Å². The predicted octanol–water partition coefficient (Wildman–Crippen LogP) is 4.13. The summed E-state index contributed by atoms with van der Waals surface area (Å²) in [4.78, 5) is 2.06. The normalized spacial score (nSPS) is 12.2. The molecular formula is C18H23FN2. The van der Waals surface area contributed by atoms with Crippen molar-refractivity contribution in [2.75, 3.05) is 19.0 Å². The molecule has 1 N–H and O–H groups in total. The third-order valence-electron chi connectivity index (χ3n) is 3.86. The van der Waals surface area contributed by atoms with Crippen molar-refractivity contribution in [3.05, 3.63) is 65.5 Å². The van der Waals surface area contributed by atoms with Crippen LogP contribution in [0.4, 0.5) is 10.1 Å². The minimum atomic E-state index is -0.151. The van der Waals surface area contributed by atoms with E-state index in [-0.39, 0.29) is 5.82 Å². The van der Waals surface area contributed by atoms with E-state index in [1.165, 1.54) is 11.6 Å². The first-order chi connectivity index (χ1) is 10.2. The lowest BCUT2D eigenvalue weighted by molar-refractivity contribution is 0.577. The molecule has 21 heavy (non-hydrogen) atoms. The molecule has 2 rings (SSSR count). The fraction of sp³-hybridized carbons (Fsp3) is 0.333. The summed E-state index contributed by atoms with van der Waals surface area (Å²) in [6, 6.07) is 15.8. The van der Waals surface area contributed by atoms with Gasteiger partial charge in [0.05, 0.1) is 0 Å². The molecule has 0 aliphatic rings. The molecule has 1 unspecified atom stereocenters. The van der Waals surface area contributed by atoms with E-state index in [0.29, 0.717) is 18.2 Å². The molecule has 112 valence electrons. The monoisotopic (exact) mass is 286 g/mol. The summed E-state index contributed by atoms with van der Waals surface area (Å²) in [5.74, 6) is -0.151. The molecule has 0 radical (unpaired) electrons. The topological polar surface area (TPSA) is 15.3 Å². The Morgan fingerprint density at radius 1 is 1.10 bits per heavy atom. The third-order valence-corrected chi connectivity index (χ3v) is 3.86. The van der Waals surface area contributed by atoms with Crippen molar-refractivity contribution in [3.8, 4) is 0 Å². The van der Waals surface area contributed by atoms with Crippen molar-refractivity contribution in [1.29, 1.82) is 0 Å². The van der Waals surface area contributed by atoms with Crippen LogP contribution >= 0.6 is 0 Å². The lowest BCUT2D eigenvalue weighted by Crippen LogP contribution is -2.18. The highest BCUT2D eigenvalue weighted by atomic mass is 19.1. The Morgan fingerprint density at radius 3 is 2.33 bits per heavy atom. The number of halogens is 1. The molecule has 0 heterocycles. The summed E-state index contributed by atoms with van der Waals surface area (Å²) in [5, 5.41) is 3.30. The first kappa shape index (κ1) is 15.5. The summed E-state index contributed by atoms with van der Waals surface area (Å²) in [6.45, 7) is 2.73. The van der Waals surface area contributed by atoms with E-state index in [0.717, 1.165) is 12.1 Å². The predicted molar refractivity (Wildman–Crippen MR) is 87.0 cm³/mol. The van der Waals surface area contributed by atoms with Gasteiger partial charge in [-0.3, -0.25) is 0 Å². The van der Waals surface area contributed by atoms with E-state index in [1.54, 1.807) is 6.07 Å². The molecule has 0 saturated carbocycles. The van der Waals surface area contributed by atoms with Crippen LogP contribution in [0.3, 0.4) is 0 Å². The zero-order valence-corrected chi connectivity index (χ0v) is 12.9. The fourth-order valence-corrected chi connectivity index (χ4v) is 2.54. The largest absolute Gasteiger partial charge is 0.370 e. The Balaban J connectivity index is 2.10. The zero-order chi connectivity index (χ0) is 15.2. The van der Waals surface area contributed by atoms with Crippen LogP contribution in [0.15, 0.2) is 48.5 Å². The highest BCUT2D eigenvalue weighted by Crippen LogP contribution is 2.22. The number of anilines is 1. The average molecular weight is 286 g/mol. The molecule has 1 atom stereocenters. The highest BCUT2D eigenvalue weighted by Gasteiger charge is 2.09. The van der Waals surface area contributed by atoms with Crippen molar-refractivity contribution in [2.24, 2.45) is 0 Å². The van der Waals surface area contributed by atoms with Gasteiger partial charge in [0, 0.05) is 30.9 Å². The zero-order valence-electron chi connectivity index (χ0n) is 12.9. The lowest BCUT2D eigenvalue weighted by Gasteiger charge is -2.21. The number of hydrogen-bond acceptors (Lipinski definition) is 2.